The maximum absolute atomic E-state index is 5.42. The highest BCUT2D eigenvalue weighted by Crippen LogP contribution is 2.38. The van der Waals surface area contributed by atoms with E-state index < -0.39 is 0 Å². The van der Waals surface area contributed by atoms with Crippen LogP contribution in [0.25, 0.3) is 10.9 Å². The molecule has 0 saturated carbocycles. The van der Waals surface area contributed by atoms with Crippen molar-refractivity contribution in [3.63, 3.8) is 0 Å². The van der Waals surface area contributed by atoms with E-state index in [1.165, 1.54) is 5.69 Å². The Morgan fingerprint density at radius 1 is 1.29 bits per heavy atom. The summed E-state index contributed by atoms with van der Waals surface area (Å²) in [7, 11) is 0. The lowest BCUT2D eigenvalue weighted by Gasteiger charge is -2.25. The van der Waals surface area contributed by atoms with Crippen molar-refractivity contribution in [3.05, 3.63) is 46.7 Å². The van der Waals surface area contributed by atoms with Crippen LogP contribution >= 0.6 is 15.9 Å². The van der Waals surface area contributed by atoms with Gasteiger partial charge in [-0.1, -0.05) is 34.9 Å². The maximum Gasteiger partial charge on any atom is 0.229 e. The third-order valence-corrected chi connectivity index (χ3v) is 4.99. The summed E-state index contributed by atoms with van der Waals surface area (Å²) in [6.07, 6.45) is 4.03. The van der Waals surface area contributed by atoms with Crippen molar-refractivity contribution in [2.75, 3.05) is 11.4 Å². The molecule has 3 heterocycles. The monoisotopic (exact) mass is 386 g/mol. The first-order valence-corrected chi connectivity index (χ1v) is 9.07. The second-order valence-corrected chi connectivity index (χ2v) is 7.40. The van der Waals surface area contributed by atoms with Crippen molar-refractivity contribution in [1.29, 1.82) is 0 Å². The fourth-order valence-electron chi connectivity index (χ4n) is 3.29. The number of anilines is 1. The minimum absolute atomic E-state index is 0.158. The van der Waals surface area contributed by atoms with Crippen LogP contribution in [0, 0.1) is 0 Å². The van der Waals surface area contributed by atoms with Crippen LogP contribution in [0.15, 0.2) is 39.5 Å². The van der Waals surface area contributed by atoms with E-state index >= 15 is 0 Å². The molecule has 1 unspecified atom stereocenters. The molecule has 124 valence electrons. The average molecular weight is 387 g/mol. The summed E-state index contributed by atoms with van der Waals surface area (Å²) in [4.78, 5) is 11.5. The van der Waals surface area contributed by atoms with Gasteiger partial charge < -0.3 is 9.42 Å². The number of benzene rings is 1. The summed E-state index contributed by atoms with van der Waals surface area (Å²) in [6.45, 7) is 5.12. The summed E-state index contributed by atoms with van der Waals surface area (Å²) >= 11 is 3.57. The van der Waals surface area contributed by atoms with E-state index in [1.807, 2.05) is 18.3 Å². The molecule has 1 aliphatic rings. The molecule has 1 atom stereocenters. The molecule has 5 nitrogen and oxygen atoms in total. The predicted octanol–water partition coefficient (Wildman–Crippen LogP) is 4.85. The number of nitrogens with zero attached hydrogens (tertiary/aromatic N) is 4. The van der Waals surface area contributed by atoms with Gasteiger partial charge in [-0.25, -0.2) is 0 Å². The lowest BCUT2D eigenvalue weighted by atomic mass is 10.1. The van der Waals surface area contributed by atoms with Gasteiger partial charge >= 0.3 is 0 Å². The van der Waals surface area contributed by atoms with Gasteiger partial charge in [0.25, 0.3) is 0 Å². The van der Waals surface area contributed by atoms with Crippen LogP contribution < -0.4 is 4.90 Å². The van der Waals surface area contributed by atoms with Crippen LogP contribution in [0.1, 0.15) is 50.4 Å². The number of aromatic nitrogens is 3. The van der Waals surface area contributed by atoms with Gasteiger partial charge in [-0.3, -0.25) is 4.98 Å². The van der Waals surface area contributed by atoms with Gasteiger partial charge in [-0.2, -0.15) is 4.98 Å². The Bertz CT molecular complexity index is 876. The van der Waals surface area contributed by atoms with Gasteiger partial charge in [0.05, 0.1) is 11.6 Å². The topological polar surface area (TPSA) is 55.1 Å². The molecule has 2 aromatic heterocycles. The summed E-state index contributed by atoms with van der Waals surface area (Å²) < 4.78 is 6.48. The summed E-state index contributed by atoms with van der Waals surface area (Å²) in [5, 5.41) is 5.38. The molecule has 0 aliphatic carbocycles. The van der Waals surface area contributed by atoms with Crippen molar-refractivity contribution < 1.29 is 4.52 Å². The van der Waals surface area contributed by atoms with E-state index in [2.05, 4.69) is 61.9 Å². The maximum atomic E-state index is 5.42. The third kappa shape index (κ3) is 2.69. The molecule has 1 aromatic carbocycles. The molecule has 1 fully saturated rings. The van der Waals surface area contributed by atoms with Crippen LogP contribution in [-0.4, -0.2) is 21.7 Å². The fourth-order valence-corrected chi connectivity index (χ4v) is 3.66. The van der Waals surface area contributed by atoms with Crippen LogP contribution in [0.5, 0.6) is 0 Å². The van der Waals surface area contributed by atoms with Crippen LogP contribution in [0.4, 0.5) is 5.69 Å². The first kappa shape index (κ1) is 15.6. The lowest BCUT2D eigenvalue weighted by Crippen LogP contribution is -2.23. The Kier molecular flexibility index (Phi) is 4.00. The molecule has 1 saturated heterocycles. The van der Waals surface area contributed by atoms with Gasteiger partial charge in [0.15, 0.2) is 5.82 Å². The molecule has 6 heteroatoms. The number of fused-ring (bicyclic) bond motifs is 1. The number of hydrogen-bond donors (Lipinski definition) is 0. The van der Waals surface area contributed by atoms with E-state index in [-0.39, 0.29) is 12.0 Å². The molecule has 24 heavy (non-hydrogen) atoms. The van der Waals surface area contributed by atoms with Gasteiger partial charge in [-0.05, 0) is 37.1 Å². The zero-order chi connectivity index (χ0) is 16.7. The van der Waals surface area contributed by atoms with E-state index in [0.717, 1.165) is 40.6 Å². The Labute approximate surface area is 149 Å². The molecule has 0 spiro atoms. The quantitative estimate of drug-likeness (QED) is 0.643. The fraction of sp³-hybridized carbons (Fsp3) is 0.389. The SMILES string of the molecule is CC(C)c1nc(C2CCCN2c2ccnc3ccc(Br)cc23)no1. The summed E-state index contributed by atoms with van der Waals surface area (Å²) in [5.41, 5.74) is 2.18. The van der Waals surface area contributed by atoms with Crippen molar-refractivity contribution in [2.45, 2.75) is 38.6 Å². The zero-order valence-electron chi connectivity index (χ0n) is 13.7. The Morgan fingerprint density at radius 2 is 2.17 bits per heavy atom. The molecule has 0 bridgehead atoms. The number of rotatable bonds is 3. The average Bonchev–Trinajstić information content (AvgIpc) is 3.23. The molecule has 0 N–H and O–H groups in total. The number of hydrogen-bond acceptors (Lipinski definition) is 5. The van der Waals surface area contributed by atoms with Crippen molar-refractivity contribution in [2.24, 2.45) is 0 Å². The highest BCUT2D eigenvalue weighted by molar-refractivity contribution is 9.10. The Balaban J connectivity index is 1.76. The van der Waals surface area contributed by atoms with Gasteiger partial charge in [-0.15, -0.1) is 0 Å². The number of pyridine rings is 1. The normalized spacial score (nSPS) is 18.0. The van der Waals surface area contributed by atoms with Crippen molar-refractivity contribution in [1.82, 2.24) is 15.1 Å². The van der Waals surface area contributed by atoms with Crippen LogP contribution in [-0.2, 0) is 0 Å². The minimum atomic E-state index is 0.158. The van der Waals surface area contributed by atoms with Crippen LogP contribution in [0.3, 0.4) is 0 Å². The van der Waals surface area contributed by atoms with E-state index in [0.29, 0.717) is 5.89 Å². The molecule has 4 rings (SSSR count). The smallest absolute Gasteiger partial charge is 0.229 e. The highest BCUT2D eigenvalue weighted by atomic mass is 79.9. The van der Waals surface area contributed by atoms with Gasteiger partial charge in [0.2, 0.25) is 5.89 Å². The molecular weight excluding hydrogens is 368 g/mol. The Morgan fingerprint density at radius 3 is 2.96 bits per heavy atom. The van der Waals surface area contributed by atoms with Crippen molar-refractivity contribution >= 4 is 32.5 Å². The lowest BCUT2D eigenvalue weighted by molar-refractivity contribution is 0.358. The zero-order valence-corrected chi connectivity index (χ0v) is 15.3. The molecule has 0 amide bonds. The van der Waals surface area contributed by atoms with Gasteiger partial charge in [0.1, 0.15) is 0 Å². The molecule has 0 radical (unpaired) electrons. The highest BCUT2D eigenvalue weighted by Gasteiger charge is 2.31. The van der Waals surface area contributed by atoms with E-state index in [4.69, 9.17) is 4.52 Å². The van der Waals surface area contributed by atoms with E-state index in [9.17, 15) is 0 Å². The summed E-state index contributed by atoms with van der Waals surface area (Å²) in [6, 6.07) is 8.43. The standard InChI is InChI=1S/C18H19BrN4O/c1-11(2)18-21-17(22-24-18)16-4-3-9-23(16)15-7-8-20-14-6-5-12(19)10-13(14)15/h5-8,10-11,16H,3-4,9H2,1-2H3. The Hall–Kier alpha value is -1.95. The third-order valence-electron chi connectivity index (χ3n) is 4.49. The van der Waals surface area contributed by atoms with Gasteiger partial charge in [0, 0.05) is 34.2 Å². The van der Waals surface area contributed by atoms with E-state index in [1.54, 1.807) is 0 Å². The predicted molar refractivity (Wildman–Crippen MR) is 97.2 cm³/mol. The summed E-state index contributed by atoms with van der Waals surface area (Å²) in [5.74, 6) is 1.74. The first-order valence-electron chi connectivity index (χ1n) is 8.28. The second kappa shape index (κ2) is 6.16. The minimum Gasteiger partial charge on any atom is -0.361 e. The second-order valence-electron chi connectivity index (χ2n) is 6.49. The number of halogens is 1. The molecule has 3 aromatic rings. The molecular formula is C18H19BrN4O. The first-order chi connectivity index (χ1) is 11.6. The van der Waals surface area contributed by atoms with Crippen molar-refractivity contribution in [3.8, 4) is 0 Å². The molecule has 1 aliphatic heterocycles. The van der Waals surface area contributed by atoms with Crippen LogP contribution in [0.2, 0.25) is 0 Å². The largest absolute Gasteiger partial charge is 0.361 e.